The lowest BCUT2D eigenvalue weighted by atomic mass is 9.73. The molecule has 0 aromatic carbocycles. The van der Waals surface area contributed by atoms with E-state index in [1.165, 1.54) is 25.7 Å². The summed E-state index contributed by atoms with van der Waals surface area (Å²) in [6.07, 6.45) is 6.76. The second kappa shape index (κ2) is 4.02. The third-order valence-electron chi connectivity index (χ3n) is 4.25. The van der Waals surface area contributed by atoms with E-state index in [2.05, 4.69) is 19.2 Å². The maximum atomic E-state index is 11.7. The van der Waals surface area contributed by atoms with Crippen molar-refractivity contribution in [3.8, 4) is 0 Å². The average molecular weight is 224 g/mol. The Morgan fingerprint density at radius 1 is 1.25 bits per heavy atom. The fourth-order valence-corrected chi connectivity index (χ4v) is 2.44. The summed E-state index contributed by atoms with van der Waals surface area (Å²) < 4.78 is 0. The molecule has 1 amide bonds. The summed E-state index contributed by atoms with van der Waals surface area (Å²) in [6, 6.07) is 0. The molecule has 0 radical (unpaired) electrons. The molecule has 2 fully saturated rings. The van der Waals surface area contributed by atoms with Crippen LogP contribution in [0.5, 0.6) is 0 Å². The minimum atomic E-state index is -0.506. The summed E-state index contributed by atoms with van der Waals surface area (Å²) in [6.45, 7) is 5.50. The van der Waals surface area contributed by atoms with E-state index in [9.17, 15) is 4.79 Å². The van der Waals surface area contributed by atoms with Gasteiger partial charge in [0.1, 0.15) is 0 Å². The van der Waals surface area contributed by atoms with Gasteiger partial charge < -0.3 is 11.1 Å². The lowest BCUT2D eigenvalue weighted by Crippen LogP contribution is -2.44. The van der Waals surface area contributed by atoms with Crippen LogP contribution in [0.25, 0.3) is 0 Å². The topological polar surface area (TPSA) is 55.1 Å². The van der Waals surface area contributed by atoms with E-state index >= 15 is 0 Å². The van der Waals surface area contributed by atoms with Crippen molar-refractivity contribution in [3.05, 3.63) is 0 Å². The van der Waals surface area contributed by atoms with E-state index in [1.54, 1.807) is 0 Å². The number of amides is 1. The van der Waals surface area contributed by atoms with Gasteiger partial charge in [-0.15, -0.1) is 0 Å². The lowest BCUT2D eigenvalue weighted by Gasteiger charge is -2.34. The first-order valence-electron chi connectivity index (χ1n) is 6.49. The Morgan fingerprint density at radius 2 is 1.81 bits per heavy atom. The summed E-state index contributed by atoms with van der Waals surface area (Å²) >= 11 is 0. The van der Waals surface area contributed by atoms with Crippen molar-refractivity contribution in [3.63, 3.8) is 0 Å². The maximum absolute atomic E-state index is 11.7. The number of carbonyl (C=O) groups excluding carboxylic acids is 1. The van der Waals surface area contributed by atoms with Gasteiger partial charge in [0.05, 0.1) is 5.54 Å². The third-order valence-corrected chi connectivity index (χ3v) is 4.25. The molecule has 0 saturated heterocycles. The van der Waals surface area contributed by atoms with Crippen LogP contribution in [0, 0.1) is 11.3 Å². The fourth-order valence-electron chi connectivity index (χ4n) is 2.44. The van der Waals surface area contributed by atoms with Crippen molar-refractivity contribution in [1.29, 1.82) is 0 Å². The standard InChI is InChI=1S/C13H24N2O/c1-12(2)5-3-10(4-6-12)9-15-11(16)13(14)7-8-13/h10H,3-9,14H2,1-2H3,(H,15,16). The molecule has 0 unspecified atom stereocenters. The molecule has 92 valence electrons. The van der Waals surface area contributed by atoms with Gasteiger partial charge in [-0.05, 0) is 49.9 Å². The molecule has 3 nitrogen and oxygen atoms in total. The van der Waals surface area contributed by atoms with Crippen molar-refractivity contribution >= 4 is 5.91 Å². The van der Waals surface area contributed by atoms with Crippen LogP contribution >= 0.6 is 0 Å². The second-order valence-electron chi connectivity index (χ2n) is 6.47. The van der Waals surface area contributed by atoms with Crippen molar-refractivity contribution in [2.24, 2.45) is 17.1 Å². The molecule has 3 N–H and O–H groups in total. The van der Waals surface area contributed by atoms with E-state index in [4.69, 9.17) is 5.73 Å². The molecule has 0 spiro atoms. The molecule has 16 heavy (non-hydrogen) atoms. The van der Waals surface area contributed by atoms with Crippen molar-refractivity contribution < 1.29 is 4.79 Å². The van der Waals surface area contributed by atoms with Crippen molar-refractivity contribution in [1.82, 2.24) is 5.32 Å². The minimum Gasteiger partial charge on any atom is -0.354 e. The fraction of sp³-hybridized carbons (Fsp3) is 0.923. The number of carbonyl (C=O) groups is 1. The molecule has 0 heterocycles. The lowest BCUT2D eigenvalue weighted by molar-refractivity contribution is -0.123. The third kappa shape index (κ3) is 2.76. The Hall–Kier alpha value is -0.570. The van der Waals surface area contributed by atoms with E-state index in [0.29, 0.717) is 11.3 Å². The zero-order valence-electron chi connectivity index (χ0n) is 10.5. The van der Waals surface area contributed by atoms with E-state index in [0.717, 1.165) is 19.4 Å². The van der Waals surface area contributed by atoms with E-state index in [1.807, 2.05) is 0 Å². The Bertz CT molecular complexity index is 272. The smallest absolute Gasteiger partial charge is 0.240 e. The normalized spacial score (nSPS) is 27.4. The zero-order valence-corrected chi connectivity index (χ0v) is 10.5. The predicted octanol–water partition coefficient (Wildman–Crippen LogP) is 1.81. The van der Waals surface area contributed by atoms with Gasteiger partial charge in [-0.3, -0.25) is 4.79 Å². The highest BCUT2D eigenvalue weighted by Gasteiger charge is 2.45. The van der Waals surface area contributed by atoms with E-state index in [-0.39, 0.29) is 5.91 Å². The largest absolute Gasteiger partial charge is 0.354 e. The molecule has 2 rings (SSSR count). The zero-order chi connectivity index (χ0) is 11.8. The molecule has 3 heteroatoms. The molecule has 0 atom stereocenters. The summed E-state index contributed by atoms with van der Waals surface area (Å²) in [4.78, 5) is 11.7. The van der Waals surface area contributed by atoms with Gasteiger partial charge in [-0.2, -0.15) is 0 Å². The van der Waals surface area contributed by atoms with Gasteiger partial charge in [-0.1, -0.05) is 13.8 Å². The molecule has 0 bridgehead atoms. The number of hydrogen-bond donors (Lipinski definition) is 2. The van der Waals surface area contributed by atoms with Crippen LogP contribution in [0.2, 0.25) is 0 Å². The monoisotopic (exact) mass is 224 g/mol. The molecule has 2 aliphatic rings. The summed E-state index contributed by atoms with van der Waals surface area (Å²) in [5.74, 6) is 0.733. The van der Waals surface area contributed by atoms with Crippen LogP contribution in [-0.2, 0) is 4.79 Å². The Morgan fingerprint density at radius 3 is 2.31 bits per heavy atom. The minimum absolute atomic E-state index is 0.0670. The highest BCUT2D eigenvalue weighted by molar-refractivity contribution is 5.88. The van der Waals surface area contributed by atoms with Crippen LogP contribution in [0.3, 0.4) is 0 Å². The van der Waals surface area contributed by atoms with Crippen LogP contribution in [0.1, 0.15) is 52.4 Å². The van der Waals surface area contributed by atoms with Gasteiger partial charge >= 0.3 is 0 Å². The number of hydrogen-bond acceptors (Lipinski definition) is 2. The van der Waals surface area contributed by atoms with Gasteiger partial charge in [-0.25, -0.2) is 0 Å². The first-order chi connectivity index (χ1) is 7.41. The van der Waals surface area contributed by atoms with E-state index < -0.39 is 5.54 Å². The van der Waals surface area contributed by atoms with Gasteiger partial charge in [0.15, 0.2) is 0 Å². The first kappa shape index (κ1) is 11.9. The highest BCUT2D eigenvalue weighted by atomic mass is 16.2. The van der Waals surface area contributed by atoms with Gasteiger partial charge in [0.25, 0.3) is 0 Å². The Labute approximate surface area is 98.2 Å². The maximum Gasteiger partial charge on any atom is 0.240 e. The van der Waals surface area contributed by atoms with Gasteiger partial charge in [0, 0.05) is 6.54 Å². The SMILES string of the molecule is CC1(C)CCC(CNC(=O)C2(N)CC2)CC1. The van der Waals surface area contributed by atoms with Crippen LogP contribution in [-0.4, -0.2) is 18.0 Å². The van der Waals surface area contributed by atoms with Crippen LogP contribution in [0.4, 0.5) is 0 Å². The molecule has 0 aromatic rings. The molecule has 0 aliphatic heterocycles. The Balaban J connectivity index is 1.69. The highest BCUT2D eigenvalue weighted by Crippen LogP contribution is 2.38. The molecule has 2 saturated carbocycles. The average Bonchev–Trinajstić information content (AvgIpc) is 2.96. The summed E-state index contributed by atoms with van der Waals surface area (Å²) in [7, 11) is 0. The quantitative estimate of drug-likeness (QED) is 0.768. The summed E-state index contributed by atoms with van der Waals surface area (Å²) in [5, 5.41) is 3.02. The second-order valence-corrected chi connectivity index (χ2v) is 6.47. The number of nitrogens with one attached hydrogen (secondary N) is 1. The molecule has 2 aliphatic carbocycles. The summed E-state index contributed by atoms with van der Waals surface area (Å²) in [5.41, 5.74) is 5.84. The Kier molecular flexibility index (Phi) is 2.99. The van der Waals surface area contributed by atoms with Crippen molar-refractivity contribution in [2.75, 3.05) is 6.54 Å². The predicted molar refractivity (Wildman–Crippen MR) is 64.9 cm³/mol. The van der Waals surface area contributed by atoms with Crippen molar-refractivity contribution in [2.45, 2.75) is 57.9 Å². The molecular formula is C13H24N2O. The first-order valence-corrected chi connectivity index (χ1v) is 6.49. The molecular weight excluding hydrogens is 200 g/mol. The van der Waals surface area contributed by atoms with Crippen LogP contribution in [0.15, 0.2) is 0 Å². The van der Waals surface area contributed by atoms with Gasteiger partial charge in [0.2, 0.25) is 5.91 Å². The van der Waals surface area contributed by atoms with Crippen LogP contribution < -0.4 is 11.1 Å². The number of rotatable bonds is 3. The molecule has 0 aromatic heterocycles. The number of nitrogens with two attached hydrogens (primary N) is 1.